The van der Waals surface area contributed by atoms with E-state index < -0.39 is 17.0 Å². The highest BCUT2D eigenvalue weighted by Crippen LogP contribution is 2.58. The zero-order chi connectivity index (χ0) is 29.2. The Bertz CT molecular complexity index is 1300. The molecule has 0 aromatic carbocycles. The molecule has 2 N–H and O–H groups in total. The van der Waals surface area contributed by atoms with Gasteiger partial charge in [-0.15, -0.1) is 0 Å². The van der Waals surface area contributed by atoms with Crippen molar-refractivity contribution in [2.75, 3.05) is 0 Å². The Morgan fingerprint density at radius 2 is 1.12 bits per heavy atom. The lowest BCUT2D eigenvalue weighted by molar-refractivity contribution is -0.126. The van der Waals surface area contributed by atoms with Gasteiger partial charge >= 0.3 is 0 Å². The van der Waals surface area contributed by atoms with E-state index in [2.05, 4.69) is 10.6 Å². The third-order valence-corrected chi connectivity index (χ3v) is 9.51. The first-order chi connectivity index (χ1) is 18.6. The Kier molecular flexibility index (Phi) is 5.65. The second kappa shape index (κ2) is 8.39. The number of morpholine rings is 2. The molecule has 4 saturated heterocycles. The lowest BCUT2D eigenvalue weighted by Crippen LogP contribution is -2.52. The molecule has 0 radical (unpaired) electrons. The molecule has 8 atom stereocenters. The normalized spacial score (nSPS) is 39.0. The minimum absolute atomic E-state index is 0.0958. The minimum atomic E-state index is -0.993. The van der Waals surface area contributed by atoms with Gasteiger partial charge in [-0.2, -0.15) is 0 Å². The van der Waals surface area contributed by atoms with Crippen molar-refractivity contribution >= 4 is 23.4 Å². The van der Waals surface area contributed by atoms with Gasteiger partial charge in [0.15, 0.2) is 11.6 Å². The van der Waals surface area contributed by atoms with Gasteiger partial charge in [-0.1, -0.05) is 18.1 Å². The van der Waals surface area contributed by atoms with Crippen LogP contribution in [0.5, 0.6) is 0 Å². The standard InChI is InChI=1S/C30H38N4O6/c1-12(2)10-17(35)31-27-19(23(37)29(8)25-21(39-25)15(6)33(27)29)14(5)20-24(38)30(9)26-22(40-26)16(7)34(30)28(20)32-18(36)11-13(3)4/h10-11,14-16,21-22,25-26H,1-9H3,(H,31,35)(H,32,36). The summed E-state index contributed by atoms with van der Waals surface area (Å²) >= 11 is 0. The molecule has 0 spiro atoms. The molecule has 6 aliphatic rings. The van der Waals surface area contributed by atoms with Crippen molar-refractivity contribution in [3.8, 4) is 0 Å². The number of nitrogens with one attached hydrogen (secondary N) is 2. The largest absolute Gasteiger partial charge is 0.364 e. The predicted molar refractivity (Wildman–Crippen MR) is 145 cm³/mol. The maximum absolute atomic E-state index is 14.3. The fourth-order valence-corrected chi connectivity index (χ4v) is 7.70. The van der Waals surface area contributed by atoms with Crippen molar-refractivity contribution in [3.63, 3.8) is 0 Å². The second-order valence-electron chi connectivity index (χ2n) is 12.9. The van der Waals surface area contributed by atoms with Crippen molar-refractivity contribution in [2.45, 2.75) is 110 Å². The molecule has 4 fully saturated rings. The van der Waals surface area contributed by atoms with Crippen molar-refractivity contribution in [2.24, 2.45) is 5.92 Å². The van der Waals surface area contributed by atoms with Crippen LogP contribution in [0.1, 0.15) is 62.3 Å². The number of fused-ring (bicyclic) bond motifs is 6. The Morgan fingerprint density at radius 1 is 0.775 bits per heavy atom. The molecule has 0 aromatic heterocycles. The number of rotatable bonds is 6. The van der Waals surface area contributed by atoms with Gasteiger partial charge in [0.05, 0.1) is 12.1 Å². The Hall–Kier alpha value is -3.24. The topological polar surface area (TPSA) is 124 Å². The van der Waals surface area contributed by atoms with Crippen LogP contribution < -0.4 is 10.6 Å². The van der Waals surface area contributed by atoms with E-state index in [9.17, 15) is 19.2 Å². The van der Waals surface area contributed by atoms with Crippen molar-refractivity contribution < 1.29 is 28.7 Å². The molecule has 0 bridgehead atoms. The van der Waals surface area contributed by atoms with E-state index in [0.717, 1.165) is 11.1 Å². The van der Waals surface area contributed by atoms with E-state index >= 15 is 0 Å². The molecule has 6 heterocycles. The van der Waals surface area contributed by atoms with Crippen LogP contribution in [-0.2, 0) is 28.7 Å². The van der Waals surface area contributed by atoms with E-state index in [4.69, 9.17) is 9.47 Å². The van der Waals surface area contributed by atoms with Crippen molar-refractivity contribution in [1.82, 2.24) is 20.4 Å². The van der Waals surface area contributed by atoms with Gasteiger partial charge < -0.3 is 29.9 Å². The third kappa shape index (κ3) is 3.35. The number of carbonyl (C=O) groups is 4. The number of carbonyl (C=O) groups excluding carboxylic acids is 4. The number of amides is 2. The summed E-state index contributed by atoms with van der Waals surface area (Å²) in [6.45, 7) is 16.8. The third-order valence-electron chi connectivity index (χ3n) is 9.51. The first-order valence-electron chi connectivity index (χ1n) is 14.0. The maximum Gasteiger partial charge on any atom is 0.249 e. The molecular weight excluding hydrogens is 512 g/mol. The molecule has 8 unspecified atom stereocenters. The zero-order valence-electron chi connectivity index (χ0n) is 24.5. The number of hydrogen-bond donors (Lipinski definition) is 2. The molecule has 10 nitrogen and oxygen atoms in total. The zero-order valence-corrected chi connectivity index (χ0v) is 24.5. The molecule has 6 rings (SSSR count). The average Bonchev–Trinajstić information content (AvgIpc) is 3.72. The molecule has 0 saturated carbocycles. The average molecular weight is 551 g/mol. The fourth-order valence-electron chi connectivity index (χ4n) is 7.70. The number of allylic oxidation sites excluding steroid dienone is 2. The number of nitrogens with zero attached hydrogens (tertiary/aromatic N) is 2. The van der Waals surface area contributed by atoms with Gasteiger partial charge in [-0.05, 0) is 55.4 Å². The van der Waals surface area contributed by atoms with Crippen molar-refractivity contribution in [3.05, 3.63) is 46.1 Å². The van der Waals surface area contributed by atoms with Gasteiger partial charge in [0.1, 0.15) is 47.1 Å². The highest BCUT2D eigenvalue weighted by atomic mass is 16.6. The number of ether oxygens (including phenoxy) is 2. The smallest absolute Gasteiger partial charge is 0.249 e. The summed E-state index contributed by atoms with van der Waals surface area (Å²) in [6, 6.07) is -0.283. The summed E-state index contributed by atoms with van der Waals surface area (Å²) in [5.41, 5.74) is 0.350. The van der Waals surface area contributed by atoms with Crippen LogP contribution in [0.2, 0.25) is 0 Å². The highest BCUT2D eigenvalue weighted by molar-refractivity contribution is 6.13. The number of Topliss-reactive ketones (excluding diaryl/α,β-unsaturated/α-hetero) is 2. The highest BCUT2D eigenvalue weighted by Gasteiger charge is 2.75. The lowest BCUT2D eigenvalue weighted by Gasteiger charge is -2.35. The summed E-state index contributed by atoms with van der Waals surface area (Å²) in [7, 11) is 0. The van der Waals surface area contributed by atoms with Gasteiger partial charge in [0.2, 0.25) is 11.8 Å². The van der Waals surface area contributed by atoms with Crippen LogP contribution in [0, 0.1) is 5.92 Å². The quantitative estimate of drug-likeness (QED) is 0.379. The SMILES string of the molecule is CC(C)=CC(=O)NC1=C(C(C)C2=C(NC(=O)C=C(C)C)N3C(C)C4OC4C3(C)C2=O)C(=O)C2(C)C3OC3C(C)N12. The maximum atomic E-state index is 14.3. The lowest BCUT2D eigenvalue weighted by atomic mass is 9.80. The molecule has 0 aliphatic carbocycles. The Balaban J connectivity index is 1.50. The van der Waals surface area contributed by atoms with E-state index in [1.54, 1.807) is 0 Å². The van der Waals surface area contributed by atoms with E-state index in [1.807, 2.05) is 72.1 Å². The van der Waals surface area contributed by atoms with Crippen LogP contribution in [0.3, 0.4) is 0 Å². The van der Waals surface area contributed by atoms with Crippen LogP contribution >= 0.6 is 0 Å². The monoisotopic (exact) mass is 550 g/mol. The van der Waals surface area contributed by atoms with Crippen LogP contribution in [0.15, 0.2) is 46.1 Å². The number of hydrogen-bond acceptors (Lipinski definition) is 8. The summed E-state index contributed by atoms with van der Waals surface area (Å²) in [5, 5.41) is 5.98. The van der Waals surface area contributed by atoms with E-state index in [-0.39, 0.29) is 59.9 Å². The summed E-state index contributed by atoms with van der Waals surface area (Å²) in [5.74, 6) is -0.938. The molecule has 6 aliphatic heterocycles. The van der Waals surface area contributed by atoms with E-state index in [1.165, 1.54) is 12.2 Å². The first kappa shape index (κ1) is 27.0. The molecule has 0 aromatic rings. The fraction of sp³-hybridized carbons (Fsp3) is 0.600. The van der Waals surface area contributed by atoms with Gasteiger partial charge in [-0.25, -0.2) is 0 Å². The van der Waals surface area contributed by atoms with Crippen LogP contribution in [0.25, 0.3) is 0 Å². The molecule has 10 heteroatoms. The summed E-state index contributed by atoms with van der Waals surface area (Å²) < 4.78 is 11.8. The van der Waals surface area contributed by atoms with Crippen LogP contribution in [-0.4, -0.2) is 80.8 Å². The second-order valence-corrected chi connectivity index (χ2v) is 12.9. The van der Waals surface area contributed by atoms with Gasteiger partial charge in [0, 0.05) is 29.2 Å². The molecule has 40 heavy (non-hydrogen) atoms. The summed E-state index contributed by atoms with van der Waals surface area (Å²) in [4.78, 5) is 58.6. The van der Waals surface area contributed by atoms with Gasteiger partial charge in [-0.3, -0.25) is 19.2 Å². The van der Waals surface area contributed by atoms with Crippen LogP contribution in [0.4, 0.5) is 0 Å². The molecule has 214 valence electrons. The molecule has 2 amide bonds. The first-order valence-corrected chi connectivity index (χ1v) is 14.0. The van der Waals surface area contributed by atoms with Crippen molar-refractivity contribution in [1.29, 1.82) is 0 Å². The predicted octanol–water partition coefficient (Wildman–Crippen LogP) is 1.84. The van der Waals surface area contributed by atoms with E-state index in [0.29, 0.717) is 22.8 Å². The number of epoxide rings is 2. The van der Waals surface area contributed by atoms with Gasteiger partial charge in [0.25, 0.3) is 0 Å². The Labute approximate surface area is 234 Å². The molecular formula is C30H38N4O6. The minimum Gasteiger partial charge on any atom is -0.364 e. The Morgan fingerprint density at radius 3 is 1.45 bits per heavy atom. The summed E-state index contributed by atoms with van der Waals surface area (Å²) in [6.07, 6.45) is 2.20. The number of ketones is 2.